The van der Waals surface area contributed by atoms with E-state index in [2.05, 4.69) is 62.1 Å². The van der Waals surface area contributed by atoms with Gasteiger partial charge < -0.3 is 0 Å². The van der Waals surface area contributed by atoms with Crippen LogP contribution in [-0.4, -0.2) is 9.97 Å². The van der Waals surface area contributed by atoms with Gasteiger partial charge in [0.05, 0.1) is 22.9 Å². The molecule has 130 valence electrons. The zero-order valence-electron chi connectivity index (χ0n) is 15.7. The standard InChI is InChI=1S/C24H24N2/c1-5-9-13-17(7-3)22-16-25-23-21-15-11-10-14-20(21)19(12-6-2)18(8-4)24(23)26-22/h6-16H,4-5H2,1-3H3. The van der Waals surface area contributed by atoms with Crippen LogP contribution in [0.25, 0.3) is 39.5 Å². The fourth-order valence-corrected chi connectivity index (χ4v) is 3.24. The van der Waals surface area contributed by atoms with E-state index in [1.54, 1.807) is 0 Å². The highest BCUT2D eigenvalue weighted by molar-refractivity contribution is 6.11. The van der Waals surface area contributed by atoms with Crippen LogP contribution in [0.2, 0.25) is 0 Å². The van der Waals surface area contributed by atoms with Gasteiger partial charge in [0.25, 0.3) is 0 Å². The maximum atomic E-state index is 4.98. The quantitative estimate of drug-likeness (QED) is 0.376. The summed E-state index contributed by atoms with van der Waals surface area (Å²) in [5.41, 5.74) is 5.95. The normalized spacial score (nSPS) is 12.7. The molecule has 0 saturated heterocycles. The Morgan fingerprint density at radius 1 is 1.08 bits per heavy atom. The second-order valence-electron chi connectivity index (χ2n) is 6.08. The van der Waals surface area contributed by atoms with Crippen molar-refractivity contribution in [2.75, 3.05) is 0 Å². The number of hydrogen-bond donors (Lipinski definition) is 0. The lowest BCUT2D eigenvalue weighted by atomic mass is 9.95. The molecule has 2 heteroatoms. The number of hydrogen-bond acceptors (Lipinski definition) is 2. The molecule has 3 rings (SSSR count). The van der Waals surface area contributed by atoms with E-state index in [1.807, 2.05) is 32.2 Å². The summed E-state index contributed by atoms with van der Waals surface area (Å²) in [6.07, 6.45) is 15.3. The third-order valence-electron chi connectivity index (χ3n) is 4.47. The summed E-state index contributed by atoms with van der Waals surface area (Å²) >= 11 is 0. The summed E-state index contributed by atoms with van der Waals surface area (Å²) in [5.74, 6) is 0. The van der Waals surface area contributed by atoms with E-state index < -0.39 is 0 Å². The zero-order chi connectivity index (χ0) is 18.5. The number of fused-ring (bicyclic) bond motifs is 3. The Bertz CT molecular complexity index is 1050. The molecule has 2 aromatic carbocycles. The van der Waals surface area contributed by atoms with Crippen LogP contribution in [0.1, 0.15) is 44.0 Å². The predicted octanol–water partition coefficient (Wildman–Crippen LogP) is 6.83. The van der Waals surface area contributed by atoms with Gasteiger partial charge in [0.2, 0.25) is 0 Å². The first-order valence-electron chi connectivity index (χ1n) is 9.04. The van der Waals surface area contributed by atoms with Crippen molar-refractivity contribution in [2.24, 2.45) is 0 Å². The molecule has 0 bridgehead atoms. The largest absolute Gasteiger partial charge is 0.252 e. The van der Waals surface area contributed by atoms with Crippen LogP contribution in [0.15, 0.2) is 61.3 Å². The summed E-state index contributed by atoms with van der Waals surface area (Å²) in [6.45, 7) is 10.2. The fraction of sp³-hybridized carbons (Fsp3) is 0.167. The van der Waals surface area contributed by atoms with Crippen molar-refractivity contribution in [3.8, 4) is 0 Å². The van der Waals surface area contributed by atoms with E-state index in [1.165, 1.54) is 5.39 Å². The van der Waals surface area contributed by atoms with E-state index in [9.17, 15) is 0 Å². The molecule has 0 aliphatic rings. The van der Waals surface area contributed by atoms with Crippen LogP contribution in [-0.2, 0) is 0 Å². The Hall–Kier alpha value is -3.00. The van der Waals surface area contributed by atoms with Crippen LogP contribution in [0.4, 0.5) is 0 Å². The van der Waals surface area contributed by atoms with Crippen LogP contribution < -0.4 is 0 Å². The molecule has 1 aromatic heterocycles. The van der Waals surface area contributed by atoms with Crippen molar-refractivity contribution in [2.45, 2.75) is 27.2 Å². The molecule has 3 aromatic rings. The molecule has 0 N–H and O–H groups in total. The molecule has 2 nitrogen and oxygen atoms in total. The molecule has 0 aliphatic heterocycles. The lowest BCUT2D eigenvalue weighted by molar-refractivity contribution is 1.22. The van der Waals surface area contributed by atoms with Gasteiger partial charge >= 0.3 is 0 Å². The van der Waals surface area contributed by atoms with Crippen molar-refractivity contribution >= 4 is 39.5 Å². The zero-order valence-corrected chi connectivity index (χ0v) is 15.7. The first kappa shape index (κ1) is 17.8. The molecule has 0 amide bonds. The number of allylic oxidation sites excluding steroid dienone is 5. The predicted molar refractivity (Wildman–Crippen MR) is 115 cm³/mol. The number of nitrogens with zero attached hydrogens (tertiary/aromatic N) is 2. The number of aromatic nitrogens is 2. The minimum atomic E-state index is 0.884. The van der Waals surface area contributed by atoms with Crippen molar-refractivity contribution < 1.29 is 0 Å². The number of benzene rings is 2. The molecule has 0 unspecified atom stereocenters. The van der Waals surface area contributed by atoms with Crippen molar-refractivity contribution in [3.05, 3.63) is 78.2 Å². The van der Waals surface area contributed by atoms with Gasteiger partial charge in [0.1, 0.15) is 0 Å². The summed E-state index contributed by atoms with van der Waals surface area (Å²) in [7, 11) is 0. The summed E-state index contributed by atoms with van der Waals surface area (Å²) in [4.78, 5) is 9.76. The first-order chi connectivity index (χ1) is 12.7. The maximum absolute atomic E-state index is 4.98. The molecular formula is C24H24N2. The second-order valence-corrected chi connectivity index (χ2v) is 6.08. The molecule has 0 radical (unpaired) electrons. The minimum Gasteiger partial charge on any atom is -0.252 e. The van der Waals surface area contributed by atoms with Crippen molar-refractivity contribution in [1.29, 1.82) is 0 Å². The van der Waals surface area contributed by atoms with E-state index in [-0.39, 0.29) is 0 Å². The van der Waals surface area contributed by atoms with Crippen LogP contribution >= 0.6 is 0 Å². The Morgan fingerprint density at radius 3 is 2.50 bits per heavy atom. The number of rotatable bonds is 5. The SMILES string of the molecule is C=Cc1c(C=CC)c2ccccc2c2ncc(C(C=CCC)=CC)nc12. The molecule has 0 saturated carbocycles. The van der Waals surface area contributed by atoms with Gasteiger partial charge in [0, 0.05) is 10.9 Å². The molecule has 0 atom stereocenters. The summed E-state index contributed by atoms with van der Waals surface area (Å²) in [6, 6.07) is 8.35. The lowest BCUT2D eigenvalue weighted by Crippen LogP contribution is -1.97. The highest BCUT2D eigenvalue weighted by Crippen LogP contribution is 2.33. The molecule has 26 heavy (non-hydrogen) atoms. The summed E-state index contributed by atoms with van der Waals surface area (Å²) < 4.78 is 0. The molecular weight excluding hydrogens is 316 g/mol. The Balaban J connectivity index is 2.41. The van der Waals surface area contributed by atoms with Crippen LogP contribution in [0, 0.1) is 0 Å². The average Bonchev–Trinajstić information content (AvgIpc) is 2.69. The van der Waals surface area contributed by atoms with Gasteiger partial charge in [-0.25, -0.2) is 4.98 Å². The molecule has 0 spiro atoms. The van der Waals surface area contributed by atoms with E-state index in [0.717, 1.165) is 45.2 Å². The Kier molecular flexibility index (Phi) is 5.43. The van der Waals surface area contributed by atoms with E-state index >= 15 is 0 Å². The van der Waals surface area contributed by atoms with Gasteiger partial charge in [-0.1, -0.05) is 74.2 Å². The maximum Gasteiger partial charge on any atom is 0.0979 e. The van der Waals surface area contributed by atoms with Gasteiger partial charge in [-0.05, 0) is 36.8 Å². The smallest absolute Gasteiger partial charge is 0.0979 e. The average molecular weight is 340 g/mol. The highest BCUT2D eigenvalue weighted by Gasteiger charge is 2.14. The molecule has 0 fully saturated rings. The van der Waals surface area contributed by atoms with Crippen LogP contribution in [0.5, 0.6) is 0 Å². The third-order valence-corrected chi connectivity index (χ3v) is 4.47. The second kappa shape index (κ2) is 7.92. The minimum absolute atomic E-state index is 0.884. The van der Waals surface area contributed by atoms with Crippen molar-refractivity contribution in [1.82, 2.24) is 9.97 Å². The summed E-state index contributed by atoms with van der Waals surface area (Å²) in [5, 5.41) is 2.29. The van der Waals surface area contributed by atoms with Crippen molar-refractivity contribution in [3.63, 3.8) is 0 Å². The van der Waals surface area contributed by atoms with Gasteiger partial charge in [-0.2, -0.15) is 0 Å². The topological polar surface area (TPSA) is 25.8 Å². The van der Waals surface area contributed by atoms with Gasteiger partial charge in [-0.15, -0.1) is 0 Å². The van der Waals surface area contributed by atoms with Gasteiger partial charge in [0.15, 0.2) is 0 Å². The molecule has 1 heterocycles. The third kappa shape index (κ3) is 3.11. The van der Waals surface area contributed by atoms with Gasteiger partial charge in [-0.3, -0.25) is 4.98 Å². The monoisotopic (exact) mass is 340 g/mol. The Morgan fingerprint density at radius 2 is 1.85 bits per heavy atom. The fourth-order valence-electron chi connectivity index (χ4n) is 3.24. The van der Waals surface area contributed by atoms with E-state index in [0.29, 0.717) is 0 Å². The Labute approximate surface area is 155 Å². The molecule has 0 aliphatic carbocycles. The highest BCUT2D eigenvalue weighted by atomic mass is 14.8. The lowest BCUT2D eigenvalue weighted by Gasteiger charge is -2.13. The van der Waals surface area contributed by atoms with E-state index in [4.69, 9.17) is 9.97 Å². The van der Waals surface area contributed by atoms with Crippen LogP contribution in [0.3, 0.4) is 0 Å². The first-order valence-corrected chi connectivity index (χ1v) is 9.04.